The summed E-state index contributed by atoms with van der Waals surface area (Å²) < 4.78 is 0. The van der Waals surface area contributed by atoms with E-state index < -0.39 is 0 Å². The van der Waals surface area contributed by atoms with E-state index in [2.05, 4.69) is 22.1 Å². The number of thiophene rings is 1. The molecule has 5 nitrogen and oxygen atoms in total. The van der Waals surface area contributed by atoms with Gasteiger partial charge in [-0.05, 0) is 73.4 Å². The SMILES string of the molecule is Cc1c(NC(=O)CNCC2CC2)cccc1C(=O)N1CCc2sccc2C1.Cl. The highest BCUT2D eigenvalue weighted by molar-refractivity contribution is 7.10. The van der Waals surface area contributed by atoms with Crippen molar-refractivity contribution in [3.63, 3.8) is 0 Å². The first-order valence-electron chi connectivity index (χ1n) is 9.56. The number of benzene rings is 1. The van der Waals surface area contributed by atoms with Gasteiger partial charge >= 0.3 is 0 Å². The van der Waals surface area contributed by atoms with Crippen LogP contribution >= 0.6 is 23.7 Å². The van der Waals surface area contributed by atoms with Crippen molar-refractivity contribution < 1.29 is 9.59 Å². The zero-order valence-electron chi connectivity index (χ0n) is 16.0. The number of nitrogens with one attached hydrogen (secondary N) is 2. The van der Waals surface area contributed by atoms with E-state index in [0.29, 0.717) is 24.3 Å². The topological polar surface area (TPSA) is 61.4 Å². The Kier molecular flexibility index (Phi) is 6.75. The van der Waals surface area contributed by atoms with Gasteiger partial charge in [0.2, 0.25) is 5.91 Å². The molecular weight excluding hydrogens is 394 g/mol. The van der Waals surface area contributed by atoms with Crippen molar-refractivity contribution in [1.29, 1.82) is 0 Å². The lowest BCUT2D eigenvalue weighted by Gasteiger charge is -2.28. The van der Waals surface area contributed by atoms with Gasteiger partial charge in [0, 0.05) is 29.2 Å². The highest BCUT2D eigenvalue weighted by Crippen LogP contribution is 2.28. The number of fused-ring (bicyclic) bond motifs is 1. The fraction of sp³-hybridized carbons (Fsp3) is 0.429. The Bertz CT molecular complexity index is 863. The van der Waals surface area contributed by atoms with Crippen LogP contribution in [0.1, 0.15) is 39.2 Å². The molecule has 0 bridgehead atoms. The maximum absolute atomic E-state index is 13.0. The monoisotopic (exact) mass is 419 g/mol. The zero-order chi connectivity index (χ0) is 18.8. The highest BCUT2D eigenvalue weighted by Gasteiger charge is 2.24. The van der Waals surface area contributed by atoms with Crippen molar-refractivity contribution in [2.45, 2.75) is 32.7 Å². The predicted molar refractivity (Wildman–Crippen MR) is 115 cm³/mol. The number of hydrogen-bond acceptors (Lipinski definition) is 4. The first kappa shape index (κ1) is 20.8. The maximum Gasteiger partial charge on any atom is 0.254 e. The molecule has 1 aromatic heterocycles. The lowest BCUT2D eigenvalue weighted by molar-refractivity contribution is -0.115. The number of carbonyl (C=O) groups is 2. The molecule has 1 saturated carbocycles. The molecule has 0 radical (unpaired) electrons. The second-order valence-corrected chi connectivity index (χ2v) is 8.45. The Morgan fingerprint density at radius 1 is 1.25 bits per heavy atom. The maximum atomic E-state index is 13.0. The van der Waals surface area contributed by atoms with Gasteiger partial charge in [-0.2, -0.15) is 0 Å². The highest BCUT2D eigenvalue weighted by atomic mass is 35.5. The third-order valence-corrected chi connectivity index (χ3v) is 6.37. The molecule has 4 rings (SSSR count). The van der Waals surface area contributed by atoms with Crippen LogP contribution in [0, 0.1) is 12.8 Å². The van der Waals surface area contributed by atoms with Gasteiger partial charge in [0.15, 0.2) is 0 Å². The molecule has 1 fully saturated rings. The Labute approximate surface area is 175 Å². The van der Waals surface area contributed by atoms with Crippen molar-refractivity contribution in [3.8, 4) is 0 Å². The summed E-state index contributed by atoms with van der Waals surface area (Å²) in [6.07, 6.45) is 3.45. The summed E-state index contributed by atoms with van der Waals surface area (Å²) >= 11 is 1.77. The van der Waals surface area contributed by atoms with Crippen molar-refractivity contribution in [2.75, 3.05) is 25.0 Å². The first-order chi connectivity index (χ1) is 13.1. The van der Waals surface area contributed by atoms with Crippen LogP contribution in [-0.2, 0) is 17.8 Å². The lowest BCUT2D eigenvalue weighted by Crippen LogP contribution is -2.36. The Morgan fingerprint density at radius 3 is 2.86 bits per heavy atom. The van der Waals surface area contributed by atoms with Crippen LogP contribution in [0.15, 0.2) is 29.6 Å². The van der Waals surface area contributed by atoms with E-state index in [-0.39, 0.29) is 24.2 Å². The summed E-state index contributed by atoms with van der Waals surface area (Å²) in [5.41, 5.74) is 3.46. The molecule has 2 N–H and O–H groups in total. The van der Waals surface area contributed by atoms with E-state index in [9.17, 15) is 9.59 Å². The number of hydrogen-bond donors (Lipinski definition) is 2. The number of anilines is 1. The number of nitrogens with zero attached hydrogens (tertiary/aromatic N) is 1. The molecule has 150 valence electrons. The summed E-state index contributed by atoms with van der Waals surface area (Å²) in [4.78, 5) is 28.5. The summed E-state index contributed by atoms with van der Waals surface area (Å²) in [5, 5.41) is 8.23. The van der Waals surface area contributed by atoms with E-state index >= 15 is 0 Å². The van der Waals surface area contributed by atoms with Gasteiger partial charge in [0.1, 0.15) is 0 Å². The molecule has 0 spiro atoms. The third-order valence-electron chi connectivity index (χ3n) is 5.35. The van der Waals surface area contributed by atoms with Crippen molar-refractivity contribution in [3.05, 3.63) is 51.2 Å². The molecule has 2 heterocycles. The summed E-state index contributed by atoms with van der Waals surface area (Å²) in [5.74, 6) is 0.713. The second kappa shape index (κ2) is 9.07. The minimum atomic E-state index is -0.0655. The van der Waals surface area contributed by atoms with E-state index in [4.69, 9.17) is 0 Å². The molecule has 28 heavy (non-hydrogen) atoms. The van der Waals surface area contributed by atoms with Crippen LogP contribution in [0.25, 0.3) is 0 Å². The van der Waals surface area contributed by atoms with Crippen LogP contribution in [-0.4, -0.2) is 36.3 Å². The molecule has 2 aromatic rings. The van der Waals surface area contributed by atoms with Gasteiger partial charge in [-0.1, -0.05) is 6.07 Å². The molecule has 2 aliphatic rings. The summed E-state index contributed by atoms with van der Waals surface area (Å²) in [6, 6.07) is 7.66. The van der Waals surface area contributed by atoms with Crippen LogP contribution in [0.5, 0.6) is 0 Å². The van der Waals surface area contributed by atoms with Crippen LogP contribution in [0.2, 0.25) is 0 Å². The Hall–Kier alpha value is -1.89. The number of amides is 2. The molecular formula is C21H26ClN3O2S. The van der Waals surface area contributed by atoms with E-state index in [1.54, 1.807) is 11.3 Å². The van der Waals surface area contributed by atoms with Crippen LogP contribution in [0.3, 0.4) is 0 Å². The fourth-order valence-electron chi connectivity index (χ4n) is 3.50. The standard InChI is InChI=1S/C21H25N3O2S.ClH/c1-14-17(21(26)24-9-7-19-16(13-24)8-10-27-19)3-2-4-18(14)23-20(25)12-22-11-15-5-6-15;/h2-4,8,10,15,22H,5-7,9,11-13H2,1H3,(H,23,25);1H. The van der Waals surface area contributed by atoms with Gasteiger partial charge in [0.25, 0.3) is 5.91 Å². The first-order valence-corrected chi connectivity index (χ1v) is 10.4. The minimum Gasteiger partial charge on any atom is -0.334 e. The zero-order valence-corrected chi connectivity index (χ0v) is 17.6. The number of halogens is 1. The van der Waals surface area contributed by atoms with Gasteiger partial charge in [-0.25, -0.2) is 0 Å². The largest absolute Gasteiger partial charge is 0.334 e. The van der Waals surface area contributed by atoms with Gasteiger partial charge in [-0.3, -0.25) is 9.59 Å². The molecule has 1 aliphatic heterocycles. The Balaban J connectivity index is 0.00000225. The van der Waals surface area contributed by atoms with Gasteiger partial charge in [-0.15, -0.1) is 23.7 Å². The smallest absolute Gasteiger partial charge is 0.254 e. The van der Waals surface area contributed by atoms with E-state index in [1.807, 2.05) is 30.0 Å². The van der Waals surface area contributed by atoms with Crippen LogP contribution < -0.4 is 10.6 Å². The minimum absolute atomic E-state index is 0. The number of rotatable bonds is 6. The molecule has 0 saturated heterocycles. The van der Waals surface area contributed by atoms with Gasteiger partial charge < -0.3 is 15.5 Å². The second-order valence-electron chi connectivity index (χ2n) is 7.45. The molecule has 7 heteroatoms. The predicted octanol–water partition coefficient (Wildman–Crippen LogP) is 3.61. The Morgan fingerprint density at radius 2 is 2.07 bits per heavy atom. The molecule has 0 atom stereocenters. The summed E-state index contributed by atoms with van der Waals surface area (Å²) in [6.45, 7) is 4.53. The fourth-order valence-corrected chi connectivity index (χ4v) is 4.39. The lowest BCUT2D eigenvalue weighted by atomic mass is 10.0. The normalized spacial score (nSPS) is 15.5. The molecule has 1 aliphatic carbocycles. The van der Waals surface area contributed by atoms with Crippen molar-refractivity contribution in [2.24, 2.45) is 5.92 Å². The average Bonchev–Trinajstić information content (AvgIpc) is 3.37. The summed E-state index contributed by atoms with van der Waals surface area (Å²) in [7, 11) is 0. The third kappa shape index (κ3) is 4.74. The van der Waals surface area contributed by atoms with Crippen molar-refractivity contribution >= 4 is 41.2 Å². The van der Waals surface area contributed by atoms with Gasteiger partial charge in [0.05, 0.1) is 6.54 Å². The number of carbonyl (C=O) groups excluding carboxylic acids is 2. The van der Waals surface area contributed by atoms with Crippen LogP contribution in [0.4, 0.5) is 5.69 Å². The average molecular weight is 420 g/mol. The van der Waals surface area contributed by atoms with E-state index in [0.717, 1.165) is 31.0 Å². The quantitative estimate of drug-likeness (QED) is 0.751. The van der Waals surface area contributed by atoms with E-state index in [1.165, 1.54) is 23.3 Å². The molecule has 2 amide bonds. The molecule has 0 unspecified atom stereocenters. The van der Waals surface area contributed by atoms with Crippen molar-refractivity contribution in [1.82, 2.24) is 10.2 Å². The molecule has 1 aromatic carbocycles.